The number of para-hydroxylation sites is 1. The minimum Gasteiger partial charge on any atom is -0.379 e. The standard InChI is InChI=1S/C24H28N6O2/c1-2-25-18-23(31)27-20-10-8-19(9-11-20)22-12-13-26-24(28-22)30(21-6-4-3-5-7-21)29-14-16-32-17-15-29/h3-13,25H,2,14-18H2,1H3,(H,27,31). The fourth-order valence-electron chi connectivity index (χ4n) is 3.51. The van der Waals surface area contributed by atoms with Crippen molar-refractivity contribution in [3.8, 4) is 11.3 Å². The highest BCUT2D eigenvalue weighted by molar-refractivity contribution is 5.92. The predicted molar refractivity (Wildman–Crippen MR) is 126 cm³/mol. The first-order valence-electron chi connectivity index (χ1n) is 10.9. The Morgan fingerprint density at radius 2 is 1.81 bits per heavy atom. The molecular formula is C24H28N6O2. The fraction of sp³-hybridized carbons (Fsp3) is 0.292. The number of amides is 1. The Balaban J connectivity index is 1.57. The van der Waals surface area contributed by atoms with E-state index in [2.05, 4.69) is 37.8 Å². The van der Waals surface area contributed by atoms with Gasteiger partial charge >= 0.3 is 0 Å². The molecule has 0 unspecified atom stereocenters. The van der Waals surface area contributed by atoms with Gasteiger partial charge < -0.3 is 15.4 Å². The maximum absolute atomic E-state index is 11.9. The number of hydrogen-bond acceptors (Lipinski definition) is 7. The van der Waals surface area contributed by atoms with Gasteiger partial charge in [-0.25, -0.2) is 20.0 Å². The summed E-state index contributed by atoms with van der Waals surface area (Å²) in [5, 5.41) is 10.2. The molecule has 2 heterocycles. The molecule has 3 aromatic rings. The second-order valence-corrected chi connectivity index (χ2v) is 7.36. The average Bonchev–Trinajstić information content (AvgIpc) is 2.85. The van der Waals surface area contributed by atoms with Crippen LogP contribution in [-0.4, -0.2) is 60.3 Å². The van der Waals surface area contributed by atoms with E-state index in [-0.39, 0.29) is 5.91 Å². The molecule has 8 heteroatoms. The Bertz CT molecular complexity index is 1010. The molecule has 1 amide bonds. The van der Waals surface area contributed by atoms with Crippen molar-refractivity contribution in [1.29, 1.82) is 0 Å². The second-order valence-electron chi connectivity index (χ2n) is 7.36. The SMILES string of the molecule is CCNCC(=O)Nc1ccc(-c2ccnc(N(c3ccccc3)N3CCOCC3)n2)cc1. The van der Waals surface area contributed by atoms with E-state index >= 15 is 0 Å². The van der Waals surface area contributed by atoms with Gasteiger partial charge in [0.25, 0.3) is 0 Å². The highest BCUT2D eigenvalue weighted by atomic mass is 16.5. The van der Waals surface area contributed by atoms with E-state index in [1.165, 1.54) is 0 Å². The molecule has 0 radical (unpaired) electrons. The Morgan fingerprint density at radius 3 is 2.53 bits per heavy atom. The predicted octanol–water partition coefficient (Wildman–Crippen LogP) is 3.08. The molecule has 0 aliphatic carbocycles. The van der Waals surface area contributed by atoms with Crippen LogP contribution >= 0.6 is 0 Å². The fourth-order valence-corrected chi connectivity index (χ4v) is 3.51. The number of morpholine rings is 1. The third-order valence-corrected chi connectivity index (χ3v) is 5.10. The maximum Gasteiger partial charge on any atom is 0.245 e. The summed E-state index contributed by atoms with van der Waals surface area (Å²) in [5.41, 5.74) is 3.53. The van der Waals surface area contributed by atoms with Gasteiger partial charge in [-0.05, 0) is 36.9 Å². The summed E-state index contributed by atoms with van der Waals surface area (Å²) in [5.74, 6) is 0.548. The molecule has 2 N–H and O–H groups in total. The maximum atomic E-state index is 11.9. The van der Waals surface area contributed by atoms with Gasteiger partial charge in [-0.15, -0.1) is 0 Å². The lowest BCUT2D eigenvalue weighted by Crippen LogP contribution is -2.47. The summed E-state index contributed by atoms with van der Waals surface area (Å²) in [4.78, 5) is 21.3. The van der Waals surface area contributed by atoms with Crippen LogP contribution in [0.5, 0.6) is 0 Å². The first-order valence-corrected chi connectivity index (χ1v) is 10.9. The van der Waals surface area contributed by atoms with E-state index in [1.807, 2.05) is 55.5 Å². The largest absolute Gasteiger partial charge is 0.379 e. The third kappa shape index (κ3) is 5.47. The number of nitrogens with one attached hydrogen (secondary N) is 2. The quantitative estimate of drug-likeness (QED) is 0.566. The van der Waals surface area contributed by atoms with Gasteiger partial charge in [0.05, 0.1) is 31.1 Å². The monoisotopic (exact) mass is 432 g/mol. The number of hydrogen-bond donors (Lipinski definition) is 2. The van der Waals surface area contributed by atoms with Crippen LogP contribution in [0.3, 0.4) is 0 Å². The van der Waals surface area contributed by atoms with Crippen LogP contribution < -0.4 is 15.6 Å². The molecule has 2 aromatic carbocycles. The first-order chi connectivity index (χ1) is 15.7. The Hall–Kier alpha value is -3.33. The summed E-state index contributed by atoms with van der Waals surface area (Å²) in [7, 11) is 0. The van der Waals surface area contributed by atoms with Crippen molar-refractivity contribution >= 4 is 23.2 Å². The number of carbonyl (C=O) groups excluding carboxylic acids is 1. The number of benzene rings is 2. The molecule has 4 rings (SSSR count). The minimum absolute atomic E-state index is 0.0621. The zero-order valence-corrected chi connectivity index (χ0v) is 18.2. The lowest BCUT2D eigenvalue weighted by molar-refractivity contribution is -0.115. The minimum atomic E-state index is -0.0621. The molecule has 0 bridgehead atoms. The molecule has 1 aromatic heterocycles. The van der Waals surface area contributed by atoms with Gasteiger partial charge in [0.2, 0.25) is 11.9 Å². The molecule has 0 saturated carbocycles. The number of nitrogens with zero attached hydrogens (tertiary/aromatic N) is 4. The van der Waals surface area contributed by atoms with Gasteiger partial charge in [0, 0.05) is 30.5 Å². The zero-order chi connectivity index (χ0) is 22.2. The molecule has 1 aliphatic heterocycles. The molecule has 1 aliphatic rings. The molecular weight excluding hydrogens is 404 g/mol. The van der Waals surface area contributed by atoms with E-state index in [0.29, 0.717) is 25.7 Å². The van der Waals surface area contributed by atoms with Gasteiger partial charge in [-0.1, -0.05) is 37.3 Å². The molecule has 1 saturated heterocycles. The van der Waals surface area contributed by atoms with E-state index in [9.17, 15) is 4.79 Å². The normalized spacial score (nSPS) is 14.2. The van der Waals surface area contributed by atoms with Crippen LogP contribution in [0.2, 0.25) is 0 Å². The third-order valence-electron chi connectivity index (χ3n) is 5.10. The van der Waals surface area contributed by atoms with Crippen molar-refractivity contribution in [3.05, 3.63) is 66.9 Å². The topological polar surface area (TPSA) is 82.6 Å². The number of anilines is 3. The Morgan fingerprint density at radius 1 is 1.06 bits per heavy atom. The van der Waals surface area contributed by atoms with E-state index in [0.717, 1.165) is 42.3 Å². The molecule has 8 nitrogen and oxygen atoms in total. The lowest BCUT2D eigenvalue weighted by atomic mass is 10.1. The summed E-state index contributed by atoms with van der Waals surface area (Å²) >= 11 is 0. The van der Waals surface area contributed by atoms with Crippen molar-refractivity contribution in [3.63, 3.8) is 0 Å². The van der Waals surface area contributed by atoms with Crippen LogP contribution in [0.15, 0.2) is 66.9 Å². The van der Waals surface area contributed by atoms with Crippen molar-refractivity contribution in [2.24, 2.45) is 0 Å². The summed E-state index contributed by atoms with van der Waals surface area (Å²) in [6.07, 6.45) is 1.78. The first kappa shape index (κ1) is 21.9. The number of ether oxygens (including phenoxy) is 1. The lowest BCUT2D eigenvalue weighted by Gasteiger charge is -2.37. The van der Waals surface area contributed by atoms with Gasteiger partial charge in [-0.2, -0.15) is 0 Å². The van der Waals surface area contributed by atoms with Gasteiger partial charge in [-0.3, -0.25) is 4.79 Å². The van der Waals surface area contributed by atoms with Crippen LogP contribution in [-0.2, 0) is 9.53 Å². The van der Waals surface area contributed by atoms with Gasteiger partial charge in [0.1, 0.15) is 0 Å². The number of likely N-dealkylation sites (N-methyl/N-ethyl adjacent to an activating group) is 1. The van der Waals surface area contributed by atoms with Crippen molar-refractivity contribution < 1.29 is 9.53 Å². The molecule has 32 heavy (non-hydrogen) atoms. The van der Waals surface area contributed by atoms with Crippen molar-refractivity contribution in [2.75, 3.05) is 49.7 Å². The van der Waals surface area contributed by atoms with E-state index in [1.54, 1.807) is 6.20 Å². The highest BCUT2D eigenvalue weighted by Gasteiger charge is 2.23. The Kier molecular flexibility index (Phi) is 7.39. The van der Waals surface area contributed by atoms with Crippen LogP contribution in [0.1, 0.15) is 6.92 Å². The number of carbonyl (C=O) groups is 1. The van der Waals surface area contributed by atoms with E-state index < -0.39 is 0 Å². The Labute approximate surface area is 188 Å². The van der Waals surface area contributed by atoms with Gasteiger partial charge in [0.15, 0.2) is 0 Å². The average molecular weight is 433 g/mol. The molecule has 1 fully saturated rings. The zero-order valence-electron chi connectivity index (χ0n) is 18.2. The second kappa shape index (κ2) is 10.8. The highest BCUT2D eigenvalue weighted by Crippen LogP contribution is 2.27. The van der Waals surface area contributed by atoms with Crippen molar-refractivity contribution in [1.82, 2.24) is 20.3 Å². The number of hydrazine groups is 1. The summed E-state index contributed by atoms with van der Waals surface area (Å²) in [6.45, 7) is 5.90. The van der Waals surface area contributed by atoms with E-state index in [4.69, 9.17) is 9.72 Å². The van der Waals surface area contributed by atoms with Crippen LogP contribution in [0, 0.1) is 0 Å². The van der Waals surface area contributed by atoms with Crippen molar-refractivity contribution in [2.45, 2.75) is 6.92 Å². The molecule has 0 spiro atoms. The van der Waals surface area contributed by atoms with Crippen LogP contribution in [0.25, 0.3) is 11.3 Å². The van der Waals surface area contributed by atoms with Crippen LogP contribution in [0.4, 0.5) is 17.3 Å². The summed E-state index contributed by atoms with van der Waals surface area (Å²) < 4.78 is 5.53. The smallest absolute Gasteiger partial charge is 0.245 e. The molecule has 166 valence electrons. The number of aromatic nitrogens is 2. The summed E-state index contributed by atoms with van der Waals surface area (Å²) in [6, 6.07) is 19.7. The molecule has 0 atom stereocenters. The number of rotatable bonds is 8.